The third-order valence-corrected chi connectivity index (χ3v) is 5.42. The second-order valence-corrected chi connectivity index (χ2v) is 7.74. The van der Waals surface area contributed by atoms with Gasteiger partial charge in [0.05, 0.1) is 0 Å². The Labute approximate surface area is 179 Å². The van der Waals surface area contributed by atoms with Gasteiger partial charge in [-0.1, -0.05) is 34.4 Å². The molecule has 6 nitrogen and oxygen atoms in total. The number of amides is 1. The third kappa shape index (κ3) is 4.89. The van der Waals surface area contributed by atoms with E-state index in [1.165, 1.54) is 0 Å². The Balaban J connectivity index is 1.28. The molecule has 0 radical (unpaired) electrons. The van der Waals surface area contributed by atoms with E-state index in [9.17, 15) is 4.79 Å². The van der Waals surface area contributed by atoms with Crippen molar-refractivity contribution in [1.82, 2.24) is 15.0 Å². The summed E-state index contributed by atoms with van der Waals surface area (Å²) in [6.45, 7) is 2.94. The second kappa shape index (κ2) is 8.84. The van der Waals surface area contributed by atoms with Gasteiger partial charge in [-0.25, -0.2) is 0 Å². The monoisotopic (exact) mass is 430 g/mol. The van der Waals surface area contributed by atoms with Gasteiger partial charge in [0.15, 0.2) is 0 Å². The molecule has 150 valence electrons. The predicted octanol–water partition coefficient (Wildman–Crippen LogP) is 4.32. The van der Waals surface area contributed by atoms with Crippen LogP contribution in [0.25, 0.3) is 11.4 Å². The van der Waals surface area contributed by atoms with Crippen LogP contribution in [0.3, 0.4) is 0 Å². The summed E-state index contributed by atoms with van der Waals surface area (Å²) in [6.07, 6.45) is 0.771. The van der Waals surface area contributed by atoms with Crippen molar-refractivity contribution < 1.29 is 9.32 Å². The summed E-state index contributed by atoms with van der Waals surface area (Å²) in [5.74, 6) is 1.06. The fraction of sp³-hybridized carbons (Fsp3) is 0.286. The molecule has 4 rings (SSSR count). The number of anilines is 1. The van der Waals surface area contributed by atoms with Gasteiger partial charge in [0.2, 0.25) is 17.6 Å². The molecule has 1 fully saturated rings. The molecule has 29 heavy (non-hydrogen) atoms. The van der Waals surface area contributed by atoms with Crippen LogP contribution < -0.4 is 4.90 Å². The summed E-state index contributed by atoms with van der Waals surface area (Å²) in [5.41, 5.74) is 1.91. The first-order valence-corrected chi connectivity index (χ1v) is 10.2. The Morgan fingerprint density at radius 3 is 2.48 bits per heavy atom. The van der Waals surface area contributed by atoms with Crippen LogP contribution in [0.1, 0.15) is 12.3 Å². The molecule has 1 saturated heterocycles. The lowest BCUT2D eigenvalue weighted by atomic mass is 10.2. The summed E-state index contributed by atoms with van der Waals surface area (Å²) in [5, 5.41) is 5.36. The third-order valence-electron chi connectivity index (χ3n) is 4.93. The molecule has 0 N–H and O–H groups in total. The Bertz CT molecular complexity index is 982. The van der Waals surface area contributed by atoms with Gasteiger partial charge in [-0.15, -0.1) is 0 Å². The maximum absolute atomic E-state index is 12.6. The fourth-order valence-corrected chi connectivity index (χ4v) is 3.64. The molecule has 0 atom stereocenters. The normalized spacial score (nSPS) is 14.3. The van der Waals surface area contributed by atoms with Crippen LogP contribution in [0, 0.1) is 0 Å². The number of rotatable bonds is 5. The number of hydrogen-bond donors (Lipinski definition) is 0. The number of aromatic nitrogens is 2. The van der Waals surface area contributed by atoms with Crippen molar-refractivity contribution in [1.29, 1.82) is 0 Å². The van der Waals surface area contributed by atoms with E-state index in [2.05, 4.69) is 15.0 Å². The Morgan fingerprint density at radius 2 is 1.76 bits per heavy atom. The Kier molecular flexibility index (Phi) is 6.02. The van der Waals surface area contributed by atoms with Gasteiger partial charge in [0.25, 0.3) is 0 Å². The molecule has 0 spiro atoms. The average Bonchev–Trinajstić information content (AvgIpc) is 3.22. The molecule has 0 unspecified atom stereocenters. The molecule has 1 aliphatic rings. The minimum absolute atomic E-state index is 0.0991. The van der Waals surface area contributed by atoms with E-state index in [4.69, 9.17) is 27.7 Å². The zero-order chi connectivity index (χ0) is 20.2. The summed E-state index contributed by atoms with van der Waals surface area (Å²) in [7, 11) is 0. The highest BCUT2D eigenvalue weighted by molar-refractivity contribution is 6.31. The first kappa shape index (κ1) is 19.7. The number of aryl methyl sites for hydroxylation is 1. The lowest BCUT2D eigenvalue weighted by Crippen LogP contribution is -2.48. The quantitative estimate of drug-likeness (QED) is 0.602. The van der Waals surface area contributed by atoms with Crippen molar-refractivity contribution in [3.05, 3.63) is 64.5 Å². The Hall–Kier alpha value is -2.57. The maximum Gasteiger partial charge on any atom is 0.227 e. The predicted molar refractivity (Wildman–Crippen MR) is 113 cm³/mol. The number of benzene rings is 2. The minimum atomic E-state index is 0.0991. The van der Waals surface area contributed by atoms with Crippen LogP contribution in [-0.4, -0.2) is 47.1 Å². The molecular weight excluding hydrogens is 411 g/mol. The van der Waals surface area contributed by atoms with Crippen LogP contribution in [0.4, 0.5) is 5.69 Å². The number of halogens is 2. The molecule has 2 heterocycles. The smallest absolute Gasteiger partial charge is 0.227 e. The summed E-state index contributed by atoms with van der Waals surface area (Å²) < 4.78 is 5.29. The first-order valence-electron chi connectivity index (χ1n) is 9.45. The highest BCUT2D eigenvalue weighted by Gasteiger charge is 2.22. The first-order chi connectivity index (χ1) is 14.1. The van der Waals surface area contributed by atoms with Crippen molar-refractivity contribution >= 4 is 34.8 Å². The number of nitrogens with zero attached hydrogens (tertiary/aromatic N) is 4. The van der Waals surface area contributed by atoms with E-state index in [-0.39, 0.29) is 5.91 Å². The van der Waals surface area contributed by atoms with E-state index in [1.54, 1.807) is 12.1 Å². The van der Waals surface area contributed by atoms with E-state index >= 15 is 0 Å². The van der Waals surface area contributed by atoms with Gasteiger partial charge in [-0.05, 0) is 42.5 Å². The molecule has 1 aliphatic heterocycles. The van der Waals surface area contributed by atoms with Crippen LogP contribution in [-0.2, 0) is 11.2 Å². The molecule has 8 heteroatoms. The molecule has 0 bridgehead atoms. The van der Waals surface area contributed by atoms with Crippen molar-refractivity contribution in [3.63, 3.8) is 0 Å². The molecule has 0 aliphatic carbocycles. The average molecular weight is 431 g/mol. The molecular formula is C21H20Cl2N4O2. The van der Waals surface area contributed by atoms with Gasteiger partial charge in [-0.3, -0.25) is 4.79 Å². The minimum Gasteiger partial charge on any atom is -0.368 e. The zero-order valence-electron chi connectivity index (χ0n) is 15.7. The summed E-state index contributed by atoms with van der Waals surface area (Å²) in [4.78, 5) is 21.1. The van der Waals surface area contributed by atoms with Crippen molar-refractivity contribution in [2.24, 2.45) is 0 Å². The van der Waals surface area contributed by atoms with Gasteiger partial charge in [0.1, 0.15) is 0 Å². The number of carbonyl (C=O) groups excluding carboxylic acids is 1. The SMILES string of the molecule is O=C(CCc1nc(-c2ccc(Cl)cc2)no1)N1CCN(c2cccc(Cl)c2)CC1. The largest absolute Gasteiger partial charge is 0.368 e. The van der Waals surface area contributed by atoms with Crippen LogP contribution >= 0.6 is 23.2 Å². The van der Waals surface area contributed by atoms with Gasteiger partial charge in [-0.2, -0.15) is 4.98 Å². The maximum atomic E-state index is 12.6. The van der Waals surface area contributed by atoms with Crippen molar-refractivity contribution in [3.8, 4) is 11.4 Å². The van der Waals surface area contributed by atoms with Gasteiger partial charge < -0.3 is 14.3 Å². The molecule has 2 aromatic carbocycles. The summed E-state index contributed by atoms with van der Waals surface area (Å²) >= 11 is 12.0. The lowest BCUT2D eigenvalue weighted by molar-refractivity contribution is -0.131. The highest BCUT2D eigenvalue weighted by Crippen LogP contribution is 2.22. The van der Waals surface area contributed by atoms with E-state index in [1.807, 2.05) is 41.3 Å². The molecule has 1 amide bonds. The van der Waals surface area contributed by atoms with E-state index in [0.29, 0.717) is 42.7 Å². The number of hydrogen-bond acceptors (Lipinski definition) is 5. The standard InChI is InChI=1S/C21H20Cl2N4O2/c22-16-6-4-15(5-7-16)21-24-19(29-25-21)8-9-20(28)27-12-10-26(11-13-27)18-3-1-2-17(23)14-18/h1-7,14H,8-13H2. The van der Waals surface area contributed by atoms with Crippen molar-refractivity contribution in [2.75, 3.05) is 31.1 Å². The topological polar surface area (TPSA) is 62.5 Å². The van der Waals surface area contributed by atoms with Crippen LogP contribution in [0.5, 0.6) is 0 Å². The Morgan fingerprint density at radius 1 is 1.00 bits per heavy atom. The highest BCUT2D eigenvalue weighted by atomic mass is 35.5. The summed E-state index contributed by atoms with van der Waals surface area (Å²) in [6, 6.07) is 15.0. The van der Waals surface area contributed by atoms with Crippen LogP contribution in [0.15, 0.2) is 53.1 Å². The van der Waals surface area contributed by atoms with Gasteiger partial charge >= 0.3 is 0 Å². The fourth-order valence-electron chi connectivity index (χ4n) is 3.33. The van der Waals surface area contributed by atoms with E-state index in [0.717, 1.165) is 29.4 Å². The molecule has 3 aromatic rings. The van der Waals surface area contributed by atoms with E-state index < -0.39 is 0 Å². The van der Waals surface area contributed by atoms with Gasteiger partial charge in [0, 0.05) is 60.3 Å². The number of piperazine rings is 1. The zero-order valence-corrected chi connectivity index (χ0v) is 17.2. The second-order valence-electron chi connectivity index (χ2n) is 6.87. The lowest BCUT2D eigenvalue weighted by Gasteiger charge is -2.36. The number of carbonyl (C=O) groups is 1. The van der Waals surface area contributed by atoms with Crippen molar-refractivity contribution in [2.45, 2.75) is 12.8 Å². The van der Waals surface area contributed by atoms with Crippen LogP contribution in [0.2, 0.25) is 10.0 Å². The molecule has 1 aromatic heterocycles. The molecule has 0 saturated carbocycles.